The molecule has 3 rings (SSSR count). The van der Waals surface area contributed by atoms with E-state index in [2.05, 4.69) is 98.4 Å². The van der Waals surface area contributed by atoms with E-state index in [0.717, 1.165) is 18.8 Å². The van der Waals surface area contributed by atoms with Crippen molar-refractivity contribution in [3.8, 4) is 0 Å². The van der Waals surface area contributed by atoms with E-state index in [4.69, 9.17) is 5.10 Å². The van der Waals surface area contributed by atoms with Crippen LogP contribution in [-0.2, 0) is 13.1 Å². The zero-order valence-corrected chi connectivity index (χ0v) is 16.2. The SMILES string of the molecule is Cc1nn(Cc2ccccc2)c(C)c1CNC(c1ccccc1)C(C)C. The van der Waals surface area contributed by atoms with Crippen molar-refractivity contribution in [2.75, 3.05) is 0 Å². The Morgan fingerprint density at radius 1 is 0.923 bits per heavy atom. The molecule has 0 bridgehead atoms. The normalized spacial score (nSPS) is 12.5. The second kappa shape index (κ2) is 8.33. The van der Waals surface area contributed by atoms with Crippen LogP contribution in [-0.4, -0.2) is 9.78 Å². The highest BCUT2D eigenvalue weighted by Gasteiger charge is 2.17. The molecule has 0 amide bonds. The molecular weight excluding hydrogens is 318 g/mol. The molecule has 0 saturated carbocycles. The first kappa shape index (κ1) is 18.4. The lowest BCUT2D eigenvalue weighted by molar-refractivity contribution is 0.410. The summed E-state index contributed by atoms with van der Waals surface area (Å²) in [4.78, 5) is 0. The minimum atomic E-state index is 0.340. The van der Waals surface area contributed by atoms with Crippen LogP contribution in [0.25, 0.3) is 0 Å². The van der Waals surface area contributed by atoms with Gasteiger partial charge < -0.3 is 5.32 Å². The molecule has 3 nitrogen and oxygen atoms in total. The molecule has 1 atom stereocenters. The number of nitrogens with zero attached hydrogens (tertiary/aromatic N) is 2. The number of hydrogen-bond acceptors (Lipinski definition) is 2. The highest BCUT2D eigenvalue weighted by Crippen LogP contribution is 2.23. The van der Waals surface area contributed by atoms with Crippen molar-refractivity contribution in [3.63, 3.8) is 0 Å². The van der Waals surface area contributed by atoms with Gasteiger partial charge in [-0.3, -0.25) is 4.68 Å². The van der Waals surface area contributed by atoms with Crippen molar-refractivity contribution in [1.82, 2.24) is 15.1 Å². The van der Waals surface area contributed by atoms with Crippen LogP contribution in [0.4, 0.5) is 0 Å². The average Bonchev–Trinajstić information content (AvgIpc) is 2.90. The molecule has 1 unspecified atom stereocenters. The molecule has 3 heteroatoms. The Labute approximate surface area is 157 Å². The molecule has 136 valence electrons. The van der Waals surface area contributed by atoms with E-state index in [1.807, 2.05) is 0 Å². The first-order valence-electron chi connectivity index (χ1n) is 9.41. The summed E-state index contributed by atoms with van der Waals surface area (Å²) in [5.74, 6) is 0.525. The van der Waals surface area contributed by atoms with Gasteiger partial charge in [-0.25, -0.2) is 0 Å². The quantitative estimate of drug-likeness (QED) is 0.649. The molecule has 2 aromatic carbocycles. The summed E-state index contributed by atoms with van der Waals surface area (Å²) in [5, 5.41) is 8.53. The van der Waals surface area contributed by atoms with Crippen LogP contribution in [0.5, 0.6) is 0 Å². The van der Waals surface area contributed by atoms with E-state index in [1.165, 1.54) is 22.4 Å². The summed E-state index contributed by atoms with van der Waals surface area (Å²) in [6.07, 6.45) is 0. The molecule has 0 spiro atoms. The topological polar surface area (TPSA) is 29.9 Å². The molecule has 26 heavy (non-hydrogen) atoms. The van der Waals surface area contributed by atoms with Crippen molar-refractivity contribution in [3.05, 3.63) is 88.7 Å². The minimum Gasteiger partial charge on any atom is -0.305 e. The smallest absolute Gasteiger partial charge is 0.0662 e. The van der Waals surface area contributed by atoms with Gasteiger partial charge in [0.05, 0.1) is 12.2 Å². The number of aryl methyl sites for hydroxylation is 1. The van der Waals surface area contributed by atoms with Gasteiger partial charge in [0.1, 0.15) is 0 Å². The summed E-state index contributed by atoms with van der Waals surface area (Å²) in [6.45, 7) is 10.5. The van der Waals surface area contributed by atoms with Gasteiger partial charge in [-0.2, -0.15) is 5.10 Å². The first-order valence-corrected chi connectivity index (χ1v) is 9.41. The van der Waals surface area contributed by atoms with E-state index in [1.54, 1.807) is 0 Å². The number of rotatable bonds is 7. The lowest BCUT2D eigenvalue weighted by atomic mass is 9.95. The van der Waals surface area contributed by atoms with Crippen LogP contribution in [0.1, 0.15) is 48.0 Å². The van der Waals surface area contributed by atoms with Crippen LogP contribution in [0.3, 0.4) is 0 Å². The van der Waals surface area contributed by atoms with E-state index in [9.17, 15) is 0 Å². The summed E-state index contributed by atoms with van der Waals surface area (Å²) >= 11 is 0. The molecule has 1 heterocycles. The van der Waals surface area contributed by atoms with Gasteiger partial charge in [-0.15, -0.1) is 0 Å². The van der Waals surface area contributed by atoms with Crippen LogP contribution < -0.4 is 5.32 Å². The molecule has 0 aliphatic carbocycles. The molecule has 0 fully saturated rings. The zero-order chi connectivity index (χ0) is 18.5. The lowest BCUT2D eigenvalue weighted by Gasteiger charge is -2.23. The predicted octanol–water partition coefficient (Wildman–Crippen LogP) is 5.04. The maximum absolute atomic E-state index is 4.78. The van der Waals surface area contributed by atoms with Gasteiger partial charge in [0, 0.05) is 23.8 Å². The standard InChI is InChI=1S/C23H29N3/c1-17(2)23(21-13-9-6-10-14-21)24-15-22-18(3)25-26(19(22)4)16-20-11-7-5-8-12-20/h5-14,17,23-24H,15-16H2,1-4H3. The lowest BCUT2D eigenvalue weighted by Crippen LogP contribution is -2.25. The van der Waals surface area contributed by atoms with Gasteiger partial charge in [0.25, 0.3) is 0 Å². The molecule has 3 aromatic rings. The molecule has 1 N–H and O–H groups in total. The molecule has 0 radical (unpaired) electrons. The Hall–Kier alpha value is -2.39. The van der Waals surface area contributed by atoms with Crippen molar-refractivity contribution in [1.29, 1.82) is 0 Å². The molecular formula is C23H29N3. The summed E-state index contributed by atoms with van der Waals surface area (Å²) < 4.78 is 2.12. The third kappa shape index (κ3) is 4.23. The van der Waals surface area contributed by atoms with Crippen molar-refractivity contribution < 1.29 is 0 Å². The Morgan fingerprint density at radius 3 is 2.15 bits per heavy atom. The van der Waals surface area contributed by atoms with E-state index >= 15 is 0 Å². The Balaban J connectivity index is 1.75. The zero-order valence-electron chi connectivity index (χ0n) is 16.2. The molecule has 1 aromatic heterocycles. The van der Waals surface area contributed by atoms with Crippen molar-refractivity contribution in [2.45, 2.75) is 46.8 Å². The van der Waals surface area contributed by atoms with Crippen LogP contribution in [0.15, 0.2) is 60.7 Å². The molecule has 0 saturated heterocycles. The third-order valence-electron chi connectivity index (χ3n) is 5.03. The summed E-state index contributed by atoms with van der Waals surface area (Å²) in [5.41, 5.74) is 6.29. The fourth-order valence-corrected chi connectivity index (χ4v) is 3.51. The van der Waals surface area contributed by atoms with Gasteiger partial charge in [0.2, 0.25) is 0 Å². The minimum absolute atomic E-state index is 0.340. The largest absolute Gasteiger partial charge is 0.305 e. The highest BCUT2D eigenvalue weighted by atomic mass is 15.3. The molecule has 0 aliphatic heterocycles. The predicted molar refractivity (Wildman–Crippen MR) is 108 cm³/mol. The maximum Gasteiger partial charge on any atom is 0.0662 e. The monoisotopic (exact) mass is 347 g/mol. The third-order valence-corrected chi connectivity index (χ3v) is 5.03. The number of benzene rings is 2. The maximum atomic E-state index is 4.78. The van der Waals surface area contributed by atoms with Gasteiger partial charge in [-0.05, 0) is 30.9 Å². The Morgan fingerprint density at radius 2 is 1.54 bits per heavy atom. The Bertz CT molecular complexity index is 819. The second-order valence-electron chi connectivity index (χ2n) is 7.31. The van der Waals surface area contributed by atoms with Crippen molar-refractivity contribution in [2.24, 2.45) is 5.92 Å². The van der Waals surface area contributed by atoms with E-state index in [0.29, 0.717) is 12.0 Å². The van der Waals surface area contributed by atoms with Crippen LogP contribution in [0, 0.1) is 19.8 Å². The number of nitrogens with one attached hydrogen (secondary N) is 1. The first-order chi connectivity index (χ1) is 12.6. The molecule has 0 aliphatic rings. The number of aromatic nitrogens is 2. The van der Waals surface area contributed by atoms with Gasteiger partial charge >= 0.3 is 0 Å². The van der Waals surface area contributed by atoms with E-state index in [-0.39, 0.29) is 0 Å². The Kier molecular flexibility index (Phi) is 5.89. The van der Waals surface area contributed by atoms with Crippen LogP contribution in [0.2, 0.25) is 0 Å². The van der Waals surface area contributed by atoms with Gasteiger partial charge in [0.15, 0.2) is 0 Å². The fraction of sp³-hybridized carbons (Fsp3) is 0.348. The van der Waals surface area contributed by atoms with Crippen molar-refractivity contribution >= 4 is 0 Å². The number of hydrogen-bond donors (Lipinski definition) is 1. The van der Waals surface area contributed by atoms with Gasteiger partial charge in [-0.1, -0.05) is 74.5 Å². The van der Waals surface area contributed by atoms with Crippen LogP contribution >= 0.6 is 0 Å². The second-order valence-corrected chi connectivity index (χ2v) is 7.31. The highest BCUT2D eigenvalue weighted by molar-refractivity contribution is 5.27. The fourth-order valence-electron chi connectivity index (χ4n) is 3.51. The summed E-state index contributed by atoms with van der Waals surface area (Å²) in [7, 11) is 0. The summed E-state index contributed by atoms with van der Waals surface area (Å²) in [6, 6.07) is 21.6. The average molecular weight is 348 g/mol. The van der Waals surface area contributed by atoms with E-state index < -0.39 is 0 Å².